The highest BCUT2D eigenvalue weighted by molar-refractivity contribution is 6.09. The maximum Gasteiger partial charge on any atom is 0.117 e. The summed E-state index contributed by atoms with van der Waals surface area (Å²) in [5, 5.41) is 21.4. The van der Waals surface area contributed by atoms with Crippen molar-refractivity contribution in [1.82, 2.24) is 4.57 Å². The van der Waals surface area contributed by atoms with Crippen LogP contribution in [-0.2, 0) is 0 Å². The molecular formula is C19H12N2O. The smallest absolute Gasteiger partial charge is 0.117 e. The summed E-state index contributed by atoms with van der Waals surface area (Å²) in [6.07, 6.45) is 0. The van der Waals surface area contributed by atoms with Crippen LogP contribution in [0.25, 0.3) is 27.5 Å². The van der Waals surface area contributed by atoms with E-state index >= 15 is 0 Å². The molecule has 0 aliphatic rings. The third-order valence-corrected chi connectivity index (χ3v) is 3.92. The van der Waals surface area contributed by atoms with Gasteiger partial charge in [-0.05, 0) is 30.3 Å². The number of nitrogens with zero attached hydrogens (tertiary/aromatic N) is 2. The number of aromatic nitrogens is 1. The molecule has 22 heavy (non-hydrogen) atoms. The van der Waals surface area contributed by atoms with Crippen LogP contribution in [0.4, 0.5) is 0 Å². The zero-order chi connectivity index (χ0) is 15.1. The number of phenols is 1. The Morgan fingerprint density at radius 3 is 2.41 bits per heavy atom. The fraction of sp³-hybridized carbons (Fsp3) is 0. The van der Waals surface area contributed by atoms with Crippen LogP contribution in [0.5, 0.6) is 5.75 Å². The fourth-order valence-corrected chi connectivity index (χ4v) is 2.98. The summed E-state index contributed by atoms with van der Waals surface area (Å²) in [6.45, 7) is 0. The summed E-state index contributed by atoms with van der Waals surface area (Å²) in [7, 11) is 0. The van der Waals surface area contributed by atoms with Crippen LogP contribution in [-0.4, -0.2) is 9.67 Å². The first-order valence-corrected chi connectivity index (χ1v) is 7.01. The lowest BCUT2D eigenvalue weighted by Crippen LogP contribution is -1.96. The number of phenolic OH excluding ortho intramolecular Hbond substituents is 1. The topological polar surface area (TPSA) is 49.0 Å². The number of nitriles is 1. The van der Waals surface area contributed by atoms with Gasteiger partial charge in [-0.15, -0.1) is 0 Å². The van der Waals surface area contributed by atoms with Crippen LogP contribution in [0.3, 0.4) is 0 Å². The van der Waals surface area contributed by atoms with Crippen LogP contribution < -0.4 is 0 Å². The van der Waals surface area contributed by atoms with Gasteiger partial charge in [0.1, 0.15) is 11.8 Å². The molecule has 0 fully saturated rings. The van der Waals surface area contributed by atoms with Crippen LogP contribution >= 0.6 is 0 Å². The van der Waals surface area contributed by atoms with E-state index in [9.17, 15) is 10.4 Å². The molecule has 0 amide bonds. The molecule has 0 atom stereocenters. The van der Waals surface area contributed by atoms with Gasteiger partial charge in [0.15, 0.2) is 0 Å². The van der Waals surface area contributed by atoms with Gasteiger partial charge in [-0.3, -0.25) is 0 Å². The second kappa shape index (κ2) is 4.64. The Hall–Kier alpha value is -3.25. The van der Waals surface area contributed by atoms with Crippen molar-refractivity contribution in [2.45, 2.75) is 0 Å². The molecule has 0 spiro atoms. The van der Waals surface area contributed by atoms with Gasteiger partial charge in [0, 0.05) is 16.8 Å². The minimum absolute atomic E-state index is 0.214. The summed E-state index contributed by atoms with van der Waals surface area (Å²) in [5.74, 6) is 0.214. The molecule has 0 unspecified atom stereocenters. The monoisotopic (exact) mass is 284 g/mol. The van der Waals surface area contributed by atoms with Gasteiger partial charge < -0.3 is 9.67 Å². The standard InChI is InChI=1S/C19H12N2O/c20-12-13-5-1-3-7-17(13)21-18-8-4-2-6-15(18)16-10-9-14(22)11-19(16)21/h1-11,22H. The van der Waals surface area contributed by atoms with Gasteiger partial charge in [0.05, 0.1) is 22.3 Å². The lowest BCUT2D eigenvalue weighted by molar-refractivity contribution is 0.476. The number of fused-ring (bicyclic) bond motifs is 3. The molecule has 0 aliphatic carbocycles. The van der Waals surface area contributed by atoms with Crippen molar-refractivity contribution >= 4 is 21.8 Å². The highest BCUT2D eigenvalue weighted by atomic mass is 16.3. The molecule has 3 aromatic carbocycles. The number of hydrogen-bond acceptors (Lipinski definition) is 2. The molecule has 1 aromatic heterocycles. The van der Waals surface area contributed by atoms with Crippen molar-refractivity contribution in [2.75, 3.05) is 0 Å². The van der Waals surface area contributed by atoms with Gasteiger partial charge in [-0.2, -0.15) is 5.26 Å². The zero-order valence-electron chi connectivity index (χ0n) is 11.7. The minimum Gasteiger partial charge on any atom is -0.508 e. The van der Waals surface area contributed by atoms with E-state index in [1.807, 2.05) is 47.0 Å². The molecule has 4 rings (SSSR count). The Morgan fingerprint density at radius 1 is 0.818 bits per heavy atom. The molecule has 0 aliphatic heterocycles. The Balaban J connectivity index is 2.24. The summed E-state index contributed by atoms with van der Waals surface area (Å²) in [6, 6.07) is 23.1. The highest BCUT2D eigenvalue weighted by Gasteiger charge is 2.14. The summed E-state index contributed by atoms with van der Waals surface area (Å²) in [5.41, 5.74) is 3.34. The summed E-state index contributed by atoms with van der Waals surface area (Å²) < 4.78 is 2.03. The number of para-hydroxylation sites is 2. The summed E-state index contributed by atoms with van der Waals surface area (Å²) in [4.78, 5) is 0. The highest BCUT2D eigenvalue weighted by Crippen LogP contribution is 2.34. The predicted octanol–water partition coefficient (Wildman–Crippen LogP) is 4.36. The van der Waals surface area contributed by atoms with E-state index in [2.05, 4.69) is 12.1 Å². The zero-order valence-corrected chi connectivity index (χ0v) is 11.7. The normalized spacial score (nSPS) is 10.9. The van der Waals surface area contributed by atoms with Crippen molar-refractivity contribution in [1.29, 1.82) is 5.26 Å². The molecular weight excluding hydrogens is 272 g/mol. The van der Waals surface area contributed by atoms with E-state index in [-0.39, 0.29) is 5.75 Å². The van der Waals surface area contributed by atoms with Crippen LogP contribution in [0, 0.1) is 11.3 Å². The lowest BCUT2D eigenvalue weighted by atomic mass is 10.1. The van der Waals surface area contributed by atoms with Crippen molar-refractivity contribution in [3.05, 3.63) is 72.3 Å². The molecule has 0 radical (unpaired) electrons. The average Bonchev–Trinajstić information content (AvgIpc) is 2.88. The van der Waals surface area contributed by atoms with Crippen LogP contribution in [0.1, 0.15) is 5.56 Å². The number of aromatic hydroxyl groups is 1. The van der Waals surface area contributed by atoms with E-state index in [4.69, 9.17) is 0 Å². The molecule has 3 heteroatoms. The molecule has 104 valence electrons. The molecule has 0 saturated carbocycles. The molecule has 3 nitrogen and oxygen atoms in total. The maximum absolute atomic E-state index is 9.87. The molecule has 0 saturated heterocycles. The second-order valence-corrected chi connectivity index (χ2v) is 5.18. The first-order chi connectivity index (χ1) is 10.8. The van der Waals surface area contributed by atoms with Crippen molar-refractivity contribution < 1.29 is 5.11 Å². The van der Waals surface area contributed by atoms with E-state index in [1.165, 1.54) is 0 Å². The number of benzene rings is 3. The molecule has 0 bridgehead atoms. The van der Waals surface area contributed by atoms with Crippen LogP contribution in [0.15, 0.2) is 66.7 Å². The Labute approximate surface area is 127 Å². The van der Waals surface area contributed by atoms with Gasteiger partial charge >= 0.3 is 0 Å². The lowest BCUT2D eigenvalue weighted by Gasteiger charge is -2.09. The number of hydrogen-bond donors (Lipinski definition) is 1. The van der Waals surface area contributed by atoms with Gasteiger partial charge in [-0.25, -0.2) is 0 Å². The molecule has 1 heterocycles. The van der Waals surface area contributed by atoms with Crippen molar-refractivity contribution in [2.24, 2.45) is 0 Å². The largest absolute Gasteiger partial charge is 0.508 e. The Morgan fingerprint density at radius 2 is 1.55 bits per heavy atom. The molecule has 1 N–H and O–H groups in total. The van der Waals surface area contributed by atoms with Crippen molar-refractivity contribution in [3.8, 4) is 17.5 Å². The van der Waals surface area contributed by atoms with E-state index < -0.39 is 0 Å². The second-order valence-electron chi connectivity index (χ2n) is 5.18. The van der Waals surface area contributed by atoms with Crippen LogP contribution in [0.2, 0.25) is 0 Å². The Bertz CT molecular complexity index is 1050. The van der Waals surface area contributed by atoms with E-state index in [0.717, 1.165) is 27.5 Å². The fourth-order valence-electron chi connectivity index (χ4n) is 2.98. The molecule has 4 aromatic rings. The van der Waals surface area contributed by atoms with Crippen molar-refractivity contribution in [3.63, 3.8) is 0 Å². The maximum atomic E-state index is 9.87. The van der Waals surface area contributed by atoms with Gasteiger partial charge in [0.25, 0.3) is 0 Å². The summed E-state index contributed by atoms with van der Waals surface area (Å²) >= 11 is 0. The first-order valence-electron chi connectivity index (χ1n) is 7.01. The Kier molecular flexibility index (Phi) is 2.64. The quantitative estimate of drug-likeness (QED) is 0.564. The minimum atomic E-state index is 0.214. The van der Waals surface area contributed by atoms with Gasteiger partial charge in [-0.1, -0.05) is 30.3 Å². The predicted molar refractivity (Wildman–Crippen MR) is 87.2 cm³/mol. The third kappa shape index (κ3) is 1.68. The number of rotatable bonds is 1. The average molecular weight is 284 g/mol. The van der Waals surface area contributed by atoms with E-state index in [1.54, 1.807) is 18.2 Å². The van der Waals surface area contributed by atoms with Gasteiger partial charge in [0.2, 0.25) is 0 Å². The third-order valence-electron chi connectivity index (χ3n) is 3.92. The SMILES string of the molecule is N#Cc1ccccc1-n1c2ccccc2c2ccc(O)cc21. The van der Waals surface area contributed by atoms with E-state index in [0.29, 0.717) is 5.56 Å². The first kappa shape index (κ1) is 12.5.